The van der Waals surface area contributed by atoms with Crippen LogP contribution in [-0.4, -0.2) is 30.5 Å². The van der Waals surface area contributed by atoms with E-state index in [1.807, 2.05) is 48.5 Å². The Morgan fingerprint density at radius 1 is 1.06 bits per heavy atom. The molecule has 1 amide bonds. The molecule has 0 saturated carbocycles. The Hall–Kier alpha value is -2.89. The van der Waals surface area contributed by atoms with E-state index < -0.39 is 0 Å². The molecule has 0 spiro atoms. The average Bonchev–Trinajstić information content (AvgIpc) is 3.19. The van der Waals surface area contributed by atoms with Crippen molar-refractivity contribution in [2.24, 2.45) is 0 Å². The molecule has 0 radical (unpaired) electrons. The predicted octanol–water partition coefficient (Wildman–Crippen LogP) is 6.93. The van der Waals surface area contributed by atoms with E-state index in [1.165, 1.54) is 11.3 Å². The van der Waals surface area contributed by atoms with Gasteiger partial charge in [0.1, 0.15) is 5.69 Å². The normalized spacial score (nSPS) is 11.0. The van der Waals surface area contributed by atoms with Crippen LogP contribution in [-0.2, 0) is 0 Å². The summed E-state index contributed by atoms with van der Waals surface area (Å²) in [5.41, 5.74) is 4.03. The largest absolute Gasteiger partial charge is 0.372 e. The molecule has 0 fully saturated rings. The summed E-state index contributed by atoms with van der Waals surface area (Å²) >= 11 is 7.61. The molecule has 4 rings (SSSR count). The van der Waals surface area contributed by atoms with Crippen LogP contribution < -0.4 is 10.2 Å². The monoisotopic (exact) mass is 477 g/mol. The van der Waals surface area contributed by atoms with Crippen LogP contribution in [0.25, 0.3) is 10.9 Å². The second-order valence-electron chi connectivity index (χ2n) is 7.96. The van der Waals surface area contributed by atoms with Gasteiger partial charge in [0.15, 0.2) is 0 Å². The van der Waals surface area contributed by atoms with Crippen LogP contribution in [0.2, 0.25) is 5.02 Å². The number of aromatic amines is 1. The predicted molar refractivity (Wildman–Crippen MR) is 140 cm³/mol. The van der Waals surface area contributed by atoms with Gasteiger partial charge in [-0.2, -0.15) is 0 Å². The third-order valence-electron chi connectivity index (χ3n) is 5.56. The highest BCUT2D eigenvalue weighted by molar-refractivity contribution is 7.99. The van der Waals surface area contributed by atoms with Crippen LogP contribution in [0.5, 0.6) is 0 Å². The summed E-state index contributed by atoms with van der Waals surface area (Å²) in [6.45, 7) is 6.70. The molecule has 6 heteroatoms. The second-order valence-corrected chi connectivity index (χ2v) is 9.48. The van der Waals surface area contributed by atoms with Gasteiger partial charge in [0.25, 0.3) is 5.91 Å². The standard InChI is InChI=1S/C27H28ClN3OS/c1-3-31(21-9-6-8-19(2)18-21)17-7-16-29-27(32)25-26(23-10-4-5-11-24(23)30-25)33-22-14-12-20(28)13-15-22/h4-6,8-15,18,30H,3,7,16-17H2,1-2H3,(H,29,32). The lowest BCUT2D eigenvalue weighted by atomic mass is 10.2. The summed E-state index contributed by atoms with van der Waals surface area (Å²) in [5, 5.41) is 4.84. The fourth-order valence-corrected chi connectivity index (χ4v) is 5.02. The van der Waals surface area contributed by atoms with E-state index in [-0.39, 0.29) is 5.91 Å². The van der Waals surface area contributed by atoms with E-state index in [0.717, 1.165) is 40.2 Å². The number of carbonyl (C=O) groups excluding carboxylic acids is 1. The second kappa shape index (κ2) is 10.8. The molecule has 1 heterocycles. The van der Waals surface area contributed by atoms with E-state index in [1.54, 1.807) is 11.8 Å². The third-order valence-corrected chi connectivity index (χ3v) is 6.95. The van der Waals surface area contributed by atoms with Crippen molar-refractivity contribution in [1.82, 2.24) is 10.3 Å². The minimum Gasteiger partial charge on any atom is -0.372 e. The van der Waals surface area contributed by atoms with Crippen LogP contribution in [0.3, 0.4) is 0 Å². The Morgan fingerprint density at radius 2 is 1.85 bits per heavy atom. The molecule has 4 aromatic rings. The van der Waals surface area contributed by atoms with E-state index in [0.29, 0.717) is 17.3 Å². The molecular weight excluding hydrogens is 450 g/mol. The molecule has 0 atom stereocenters. The number of H-pyrrole nitrogens is 1. The number of aryl methyl sites for hydroxylation is 1. The molecule has 33 heavy (non-hydrogen) atoms. The van der Waals surface area contributed by atoms with Crippen molar-refractivity contribution in [1.29, 1.82) is 0 Å². The Bertz CT molecular complexity index is 1240. The molecule has 0 aliphatic carbocycles. The van der Waals surface area contributed by atoms with Gasteiger partial charge in [-0.25, -0.2) is 0 Å². The Balaban J connectivity index is 1.44. The number of aromatic nitrogens is 1. The maximum Gasteiger partial charge on any atom is 0.268 e. The lowest BCUT2D eigenvalue weighted by Crippen LogP contribution is -2.30. The number of nitrogens with one attached hydrogen (secondary N) is 2. The Labute approximate surface area is 204 Å². The zero-order valence-corrected chi connectivity index (χ0v) is 20.5. The number of benzene rings is 3. The van der Waals surface area contributed by atoms with Gasteiger partial charge in [0.05, 0.1) is 4.90 Å². The number of hydrogen-bond donors (Lipinski definition) is 2. The number of carbonyl (C=O) groups is 1. The van der Waals surface area contributed by atoms with Crippen molar-refractivity contribution in [3.8, 4) is 0 Å². The summed E-state index contributed by atoms with van der Waals surface area (Å²) in [7, 11) is 0. The van der Waals surface area contributed by atoms with Crippen molar-refractivity contribution in [2.45, 2.75) is 30.1 Å². The SMILES string of the molecule is CCN(CCCNC(=O)c1[nH]c2ccccc2c1Sc1ccc(Cl)cc1)c1cccc(C)c1. The zero-order valence-electron chi connectivity index (χ0n) is 18.9. The van der Waals surface area contributed by atoms with E-state index in [9.17, 15) is 4.79 Å². The molecule has 2 N–H and O–H groups in total. The van der Waals surface area contributed by atoms with Crippen LogP contribution in [0.1, 0.15) is 29.4 Å². The minimum atomic E-state index is -0.0822. The van der Waals surface area contributed by atoms with Crippen molar-refractivity contribution in [3.05, 3.63) is 89.1 Å². The maximum absolute atomic E-state index is 13.1. The van der Waals surface area contributed by atoms with Crippen molar-refractivity contribution in [3.63, 3.8) is 0 Å². The summed E-state index contributed by atoms with van der Waals surface area (Å²) < 4.78 is 0. The summed E-state index contributed by atoms with van der Waals surface area (Å²) in [5.74, 6) is -0.0822. The Kier molecular flexibility index (Phi) is 7.63. The van der Waals surface area contributed by atoms with E-state index in [2.05, 4.69) is 53.3 Å². The van der Waals surface area contributed by atoms with Crippen LogP contribution >= 0.6 is 23.4 Å². The number of anilines is 1. The highest BCUT2D eigenvalue weighted by Gasteiger charge is 2.18. The fraction of sp³-hybridized carbons (Fsp3) is 0.222. The van der Waals surface area contributed by atoms with Crippen molar-refractivity contribution < 1.29 is 4.79 Å². The number of para-hydroxylation sites is 1. The lowest BCUT2D eigenvalue weighted by Gasteiger charge is -2.23. The number of nitrogens with zero attached hydrogens (tertiary/aromatic N) is 1. The first-order chi connectivity index (χ1) is 16.0. The van der Waals surface area contributed by atoms with Gasteiger partial charge in [-0.1, -0.05) is 53.7 Å². The first-order valence-corrected chi connectivity index (χ1v) is 12.4. The van der Waals surface area contributed by atoms with Crippen LogP contribution in [0, 0.1) is 6.92 Å². The first kappa shape index (κ1) is 23.3. The molecule has 0 bridgehead atoms. The third kappa shape index (κ3) is 5.73. The van der Waals surface area contributed by atoms with Crippen molar-refractivity contribution >= 4 is 45.9 Å². The summed E-state index contributed by atoms with van der Waals surface area (Å²) in [6, 6.07) is 24.2. The fourth-order valence-electron chi connectivity index (χ4n) is 3.86. The smallest absolute Gasteiger partial charge is 0.268 e. The Morgan fingerprint density at radius 3 is 2.61 bits per heavy atom. The highest BCUT2D eigenvalue weighted by atomic mass is 35.5. The molecule has 0 unspecified atom stereocenters. The van der Waals surface area contributed by atoms with Gasteiger partial charge in [0.2, 0.25) is 0 Å². The molecular formula is C27H28ClN3OS. The maximum atomic E-state index is 13.1. The van der Waals surface area contributed by atoms with E-state index >= 15 is 0 Å². The number of hydrogen-bond acceptors (Lipinski definition) is 3. The van der Waals surface area contributed by atoms with Gasteiger partial charge in [-0.3, -0.25) is 4.79 Å². The van der Waals surface area contributed by atoms with Gasteiger partial charge in [-0.05, 0) is 68.3 Å². The molecule has 0 aliphatic heterocycles. The average molecular weight is 478 g/mol. The number of fused-ring (bicyclic) bond motifs is 1. The van der Waals surface area contributed by atoms with Crippen LogP contribution in [0.15, 0.2) is 82.6 Å². The first-order valence-electron chi connectivity index (χ1n) is 11.2. The van der Waals surface area contributed by atoms with Gasteiger partial charge >= 0.3 is 0 Å². The molecule has 0 saturated heterocycles. The van der Waals surface area contributed by atoms with Crippen molar-refractivity contribution in [2.75, 3.05) is 24.5 Å². The highest BCUT2D eigenvalue weighted by Crippen LogP contribution is 2.37. The summed E-state index contributed by atoms with van der Waals surface area (Å²) in [6.07, 6.45) is 0.868. The molecule has 170 valence electrons. The number of amides is 1. The molecule has 4 nitrogen and oxygen atoms in total. The van der Waals surface area contributed by atoms with Gasteiger partial charge < -0.3 is 15.2 Å². The molecule has 1 aromatic heterocycles. The van der Waals surface area contributed by atoms with Gasteiger partial charge in [0, 0.05) is 46.1 Å². The minimum absolute atomic E-state index is 0.0822. The summed E-state index contributed by atoms with van der Waals surface area (Å²) in [4.78, 5) is 20.7. The number of rotatable bonds is 9. The molecule has 0 aliphatic rings. The molecule has 3 aromatic carbocycles. The van der Waals surface area contributed by atoms with Gasteiger partial charge in [-0.15, -0.1) is 0 Å². The van der Waals surface area contributed by atoms with E-state index in [4.69, 9.17) is 11.6 Å². The quantitative estimate of drug-likeness (QED) is 0.257. The lowest BCUT2D eigenvalue weighted by molar-refractivity contribution is 0.0946. The topological polar surface area (TPSA) is 48.1 Å². The number of halogens is 1. The zero-order chi connectivity index (χ0) is 23.2. The van der Waals surface area contributed by atoms with Crippen LogP contribution in [0.4, 0.5) is 5.69 Å².